The molecule has 6 nitrogen and oxygen atoms in total. The molecule has 0 spiro atoms. The molecule has 29 heavy (non-hydrogen) atoms. The second-order valence-electron chi connectivity index (χ2n) is 7.28. The van der Waals surface area contributed by atoms with Crippen molar-refractivity contribution >= 4 is 28.4 Å². The maximum absolute atomic E-state index is 12.5. The van der Waals surface area contributed by atoms with Crippen molar-refractivity contribution < 1.29 is 9.53 Å². The third kappa shape index (κ3) is 4.43. The predicted molar refractivity (Wildman–Crippen MR) is 113 cm³/mol. The van der Waals surface area contributed by atoms with Gasteiger partial charge < -0.3 is 4.74 Å². The van der Waals surface area contributed by atoms with Crippen LogP contribution in [0.3, 0.4) is 0 Å². The topological polar surface area (TPSA) is 73.2 Å². The van der Waals surface area contributed by atoms with Crippen LogP contribution in [-0.2, 0) is 4.79 Å². The fourth-order valence-corrected chi connectivity index (χ4v) is 4.02. The summed E-state index contributed by atoms with van der Waals surface area (Å²) in [5.74, 6) is 0.627. The Balaban J connectivity index is 1.46. The number of halogens is 1. The van der Waals surface area contributed by atoms with E-state index >= 15 is 0 Å². The molecular formula is C22H22ClN3O3. The van der Waals surface area contributed by atoms with E-state index < -0.39 is 5.91 Å². The summed E-state index contributed by atoms with van der Waals surface area (Å²) in [4.78, 5) is 29.1. The minimum Gasteiger partial charge on any atom is -0.483 e. The smallest absolute Gasteiger partial charge is 0.280 e. The van der Waals surface area contributed by atoms with E-state index in [-0.39, 0.29) is 12.2 Å². The minimum absolute atomic E-state index is 0.208. The largest absolute Gasteiger partial charge is 0.483 e. The lowest BCUT2D eigenvalue weighted by Crippen LogP contribution is -2.35. The van der Waals surface area contributed by atoms with Crippen LogP contribution in [0.5, 0.6) is 5.75 Å². The zero-order valence-corrected chi connectivity index (χ0v) is 16.7. The molecule has 0 radical (unpaired) electrons. The molecule has 0 aliphatic heterocycles. The van der Waals surface area contributed by atoms with E-state index in [9.17, 15) is 9.59 Å². The number of para-hydroxylation sites is 1. The Hall–Kier alpha value is -2.86. The Labute approximate surface area is 173 Å². The molecular weight excluding hydrogens is 390 g/mol. The standard InChI is InChI=1S/C22H22ClN3O3/c23-16-10-11-20(18(12-16)15-6-2-1-3-7-15)29-13-21(27)25-26-14-24-19-9-5-4-8-17(19)22(26)28/h4-5,8-12,14-15H,1-3,6-7,13H2,(H,25,27). The van der Waals surface area contributed by atoms with Gasteiger partial charge in [-0.2, -0.15) is 0 Å². The van der Waals surface area contributed by atoms with Gasteiger partial charge in [-0.1, -0.05) is 43.0 Å². The third-order valence-electron chi connectivity index (χ3n) is 5.29. The predicted octanol–water partition coefficient (Wildman–Crippen LogP) is 4.25. The van der Waals surface area contributed by atoms with E-state index in [2.05, 4.69) is 10.4 Å². The van der Waals surface area contributed by atoms with Crippen molar-refractivity contribution in [1.29, 1.82) is 0 Å². The van der Waals surface area contributed by atoms with Crippen LogP contribution in [0, 0.1) is 0 Å². The molecule has 3 aromatic rings. The lowest BCUT2D eigenvalue weighted by molar-refractivity contribution is -0.119. The van der Waals surface area contributed by atoms with Crippen LogP contribution >= 0.6 is 11.6 Å². The fraction of sp³-hybridized carbons (Fsp3) is 0.318. The van der Waals surface area contributed by atoms with Gasteiger partial charge in [-0.15, -0.1) is 0 Å². The molecule has 1 saturated carbocycles. The number of benzene rings is 2. The lowest BCUT2D eigenvalue weighted by atomic mass is 9.84. The fourth-order valence-electron chi connectivity index (χ4n) is 3.84. The van der Waals surface area contributed by atoms with Crippen LogP contribution in [0.4, 0.5) is 0 Å². The van der Waals surface area contributed by atoms with Gasteiger partial charge in [0.25, 0.3) is 11.5 Å². The van der Waals surface area contributed by atoms with Gasteiger partial charge in [-0.05, 0) is 54.7 Å². The van der Waals surface area contributed by atoms with E-state index in [0.29, 0.717) is 27.6 Å². The minimum atomic E-state index is -0.436. The van der Waals surface area contributed by atoms with Crippen LogP contribution in [0.1, 0.15) is 43.6 Å². The van der Waals surface area contributed by atoms with E-state index in [4.69, 9.17) is 16.3 Å². The third-order valence-corrected chi connectivity index (χ3v) is 5.52. The van der Waals surface area contributed by atoms with Crippen LogP contribution < -0.4 is 15.7 Å². The zero-order valence-electron chi connectivity index (χ0n) is 15.9. The average molecular weight is 412 g/mol. The molecule has 0 bridgehead atoms. The molecule has 1 aromatic heterocycles. The Kier molecular flexibility index (Phi) is 5.81. The number of hydrogen-bond donors (Lipinski definition) is 1. The van der Waals surface area contributed by atoms with Crippen LogP contribution in [0.2, 0.25) is 5.02 Å². The Morgan fingerprint density at radius 2 is 1.97 bits per heavy atom. The highest BCUT2D eigenvalue weighted by molar-refractivity contribution is 6.30. The first-order valence-corrected chi connectivity index (χ1v) is 10.2. The van der Waals surface area contributed by atoms with Crippen molar-refractivity contribution in [2.45, 2.75) is 38.0 Å². The summed E-state index contributed by atoms with van der Waals surface area (Å²) >= 11 is 6.19. The van der Waals surface area contributed by atoms with Gasteiger partial charge in [0.2, 0.25) is 0 Å². The van der Waals surface area contributed by atoms with E-state index in [1.54, 1.807) is 24.3 Å². The van der Waals surface area contributed by atoms with Crippen LogP contribution in [0.25, 0.3) is 10.9 Å². The van der Waals surface area contributed by atoms with Gasteiger partial charge in [0.05, 0.1) is 10.9 Å². The second kappa shape index (κ2) is 8.66. The van der Waals surface area contributed by atoms with Crippen LogP contribution in [-0.4, -0.2) is 22.2 Å². The normalized spacial score (nSPS) is 14.7. The number of nitrogens with one attached hydrogen (secondary N) is 1. The molecule has 1 aliphatic carbocycles. The number of hydrogen-bond acceptors (Lipinski definition) is 4. The van der Waals surface area contributed by atoms with Crippen molar-refractivity contribution in [3.8, 4) is 5.75 Å². The molecule has 0 saturated heterocycles. The lowest BCUT2D eigenvalue weighted by Gasteiger charge is -2.24. The first-order valence-electron chi connectivity index (χ1n) is 9.80. The molecule has 0 unspecified atom stereocenters. The average Bonchev–Trinajstić information content (AvgIpc) is 2.75. The van der Waals surface area contributed by atoms with Gasteiger partial charge in [0.15, 0.2) is 6.61 Å². The van der Waals surface area contributed by atoms with Gasteiger partial charge in [-0.3, -0.25) is 15.0 Å². The maximum atomic E-state index is 12.5. The summed E-state index contributed by atoms with van der Waals surface area (Å²) in [5.41, 5.74) is 3.83. The molecule has 0 atom stereocenters. The molecule has 1 N–H and O–H groups in total. The van der Waals surface area contributed by atoms with Crippen molar-refractivity contribution in [1.82, 2.24) is 9.66 Å². The molecule has 1 aliphatic rings. The molecule has 2 aromatic carbocycles. The Bertz CT molecular complexity index is 1090. The summed E-state index contributed by atoms with van der Waals surface area (Å²) in [6, 6.07) is 12.5. The summed E-state index contributed by atoms with van der Waals surface area (Å²) in [5, 5.41) is 1.10. The monoisotopic (exact) mass is 411 g/mol. The van der Waals surface area contributed by atoms with Crippen molar-refractivity contribution in [3.05, 3.63) is 69.7 Å². The molecule has 1 amide bonds. The van der Waals surface area contributed by atoms with E-state index in [1.807, 2.05) is 18.2 Å². The SMILES string of the molecule is O=C(COc1ccc(Cl)cc1C1CCCCC1)Nn1cnc2ccccc2c1=O. The van der Waals surface area contributed by atoms with Gasteiger partial charge in [0, 0.05) is 5.02 Å². The highest BCUT2D eigenvalue weighted by Crippen LogP contribution is 2.38. The highest BCUT2D eigenvalue weighted by Gasteiger charge is 2.20. The number of ether oxygens (including phenoxy) is 1. The zero-order chi connectivity index (χ0) is 20.2. The number of carbonyl (C=O) groups excluding carboxylic acids is 1. The quantitative estimate of drug-likeness (QED) is 0.681. The number of nitrogens with zero attached hydrogens (tertiary/aromatic N) is 2. The first-order chi connectivity index (χ1) is 14.1. The first kappa shape index (κ1) is 19.5. The van der Waals surface area contributed by atoms with Gasteiger partial charge >= 0.3 is 0 Å². The number of fused-ring (bicyclic) bond motifs is 1. The number of carbonyl (C=O) groups is 1. The Morgan fingerprint density at radius 1 is 1.17 bits per heavy atom. The van der Waals surface area contributed by atoms with E-state index in [0.717, 1.165) is 23.1 Å². The summed E-state index contributed by atoms with van der Waals surface area (Å²) < 4.78 is 6.88. The molecule has 150 valence electrons. The Morgan fingerprint density at radius 3 is 2.79 bits per heavy atom. The number of rotatable bonds is 5. The van der Waals surface area contributed by atoms with Crippen molar-refractivity contribution in [3.63, 3.8) is 0 Å². The second-order valence-corrected chi connectivity index (χ2v) is 7.71. The number of amides is 1. The summed E-state index contributed by atoms with van der Waals surface area (Å²) in [6.07, 6.45) is 7.13. The number of aromatic nitrogens is 2. The van der Waals surface area contributed by atoms with Crippen molar-refractivity contribution in [2.75, 3.05) is 12.0 Å². The molecule has 1 fully saturated rings. The van der Waals surface area contributed by atoms with E-state index in [1.165, 1.54) is 25.6 Å². The highest BCUT2D eigenvalue weighted by atomic mass is 35.5. The molecule has 4 rings (SSSR count). The van der Waals surface area contributed by atoms with Gasteiger partial charge in [0.1, 0.15) is 12.1 Å². The molecule has 1 heterocycles. The molecule has 7 heteroatoms. The van der Waals surface area contributed by atoms with Crippen LogP contribution in [0.15, 0.2) is 53.6 Å². The summed E-state index contributed by atoms with van der Waals surface area (Å²) in [7, 11) is 0. The summed E-state index contributed by atoms with van der Waals surface area (Å²) in [6.45, 7) is -0.208. The van der Waals surface area contributed by atoms with Gasteiger partial charge in [-0.25, -0.2) is 9.66 Å². The maximum Gasteiger partial charge on any atom is 0.280 e. The van der Waals surface area contributed by atoms with Crippen molar-refractivity contribution in [2.24, 2.45) is 0 Å².